The average Bonchev–Trinajstić information content (AvgIpc) is 2.97. The zero-order valence-corrected chi connectivity index (χ0v) is 26.3. The van der Waals surface area contributed by atoms with Gasteiger partial charge in [0.2, 0.25) is 11.8 Å². The molecule has 0 saturated heterocycles. The first kappa shape index (κ1) is 32.0. The summed E-state index contributed by atoms with van der Waals surface area (Å²) in [5.41, 5.74) is 1.89. The number of rotatable bonds is 13. The van der Waals surface area contributed by atoms with Gasteiger partial charge in [0.1, 0.15) is 12.6 Å². The topological polar surface area (TPSA) is 105 Å². The van der Waals surface area contributed by atoms with Crippen LogP contribution < -0.4 is 19.1 Å². The average molecular weight is 647 g/mol. The highest BCUT2D eigenvalue weighted by Crippen LogP contribution is 2.34. The highest BCUT2D eigenvalue weighted by Gasteiger charge is 2.33. The van der Waals surface area contributed by atoms with Crippen LogP contribution in [-0.2, 0) is 26.2 Å². The molecule has 0 unspecified atom stereocenters. The first-order valence-corrected chi connectivity index (χ1v) is 15.4. The Kier molecular flexibility index (Phi) is 11.2. The van der Waals surface area contributed by atoms with Crippen LogP contribution in [0.25, 0.3) is 0 Å². The minimum absolute atomic E-state index is 0.0267. The van der Waals surface area contributed by atoms with Gasteiger partial charge < -0.3 is 19.7 Å². The molecule has 0 saturated carbocycles. The Morgan fingerprint density at radius 2 is 1.59 bits per heavy atom. The molecule has 0 radical (unpaired) electrons. The van der Waals surface area contributed by atoms with Crippen molar-refractivity contribution in [3.05, 3.63) is 82.3 Å². The number of halogens is 1. The van der Waals surface area contributed by atoms with Gasteiger partial charge in [0.25, 0.3) is 10.0 Å². The maximum atomic E-state index is 14.0. The fourth-order valence-electron chi connectivity index (χ4n) is 4.11. The Balaban J connectivity index is 2.07. The Hall–Kier alpha value is -3.57. The summed E-state index contributed by atoms with van der Waals surface area (Å²) >= 11 is 3.41. The number of carbonyl (C=O) groups is 2. The number of nitrogens with one attached hydrogen (secondary N) is 1. The fraction of sp³-hybridized carbons (Fsp3) is 0.333. The minimum atomic E-state index is -4.20. The Morgan fingerprint density at radius 1 is 0.951 bits per heavy atom. The maximum absolute atomic E-state index is 14.0. The van der Waals surface area contributed by atoms with Crippen LogP contribution in [0.15, 0.2) is 76.1 Å². The Bertz CT molecular complexity index is 1450. The third-order valence-electron chi connectivity index (χ3n) is 6.53. The number of carbonyl (C=O) groups excluding carboxylic acids is 2. The first-order valence-electron chi connectivity index (χ1n) is 13.1. The number of hydrogen-bond acceptors (Lipinski definition) is 6. The van der Waals surface area contributed by atoms with Gasteiger partial charge in [0.15, 0.2) is 11.5 Å². The quantitative estimate of drug-likeness (QED) is 0.283. The lowest BCUT2D eigenvalue weighted by Crippen LogP contribution is -2.51. The SMILES string of the molecule is CCCNC(=O)[C@H](C)N(Cc1ccc(Br)cc1)C(=O)CN(c1ccc(OC)c(OC)c1)S(=O)(=O)c1ccc(C)cc1. The summed E-state index contributed by atoms with van der Waals surface area (Å²) in [6.45, 7) is 5.45. The molecule has 1 atom stereocenters. The third-order valence-corrected chi connectivity index (χ3v) is 8.84. The van der Waals surface area contributed by atoms with Crippen LogP contribution in [0.3, 0.4) is 0 Å². The van der Waals surface area contributed by atoms with Crippen molar-refractivity contribution in [1.82, 2.24) is 10.2 Å². The summed E-state index contributed by atoms with van der Waals surface area (Å²) in [5.74, 6) is -0.150. The zero-order valence-electron chi connectivity index (χ0n) is 23.9. The number of methoxy groups -OCH3 is 2. The molecular weight excluding hydrogens is 610 g/mol. The number of amides is 2. The maximum Gasteiger partial charge on any atom is 0.264 e. The van der Waals surface area contributed by atoms with E-state index in [-0.39, 0.29) is 23.0 Å². The van der Waals surface area contributed by atoms with Crippen molar-refractivity contribution < 1.29 is 27.5 Å². The molecule has 3 rings (SSSR count). The van der Waals surface area contributed by atoms with E-state index < -0.39 is 28.5 Å². The van der Waals surface area contributed by atoms with E-state index in [4.69, 9.17) is 9.47 Å². The van der Waals surface area contributed by atoms with Crippen LogP contribution >= 0.6 is 15.9 Å². The van der Waals surface area contributed by atoms with Crippen molar-refractivity contribution in [3.63, 3.8) is 0 Å². The summed E-state index contributed by atoms with van der Waals surface area (Å²) in [5, 5.41) is 2.83. The van der Waals surface area contributed by atoms with Crippen molar-refractivity contribution >= 4 is 43.5 Å². The molecule has 9 nitrogen and oxygen atoms in total. The van der Waals surface area contributed by atoms with Crippen LogP contribution in [0.5, 0.6) is 11.5 Å². The van der Waals surface area contributed by atoms with Crippen molar-refractivity contribution in [2.24, 2.45) is 0 Å². The highest BCUT2D eigenvalue weighted by atomic mass is 79.9. The largest absolute Gasteiger partial charge is 0.493 e. The zero-order chi connectivity index (χ0) is 30.2. The standard InChI is InChI=1S/C30H36BrN3O6S/c1-6-17-32-30(36)22(3)33(19-23-9-11-24(31)12-10-23)29(35)20-34(25-13-16-27(39-4)28(18-25)40-5)41(37,38)26-14-7-21(2)8-15-26/h7-16,18,22H,6,17,19-20H2,1-5H3,(H,32,36)/t22-/m0/s1. The molecule has 11 heteroatoms. The monoisotopic (exact) mass is 645 g/mol. The van der Waals surface area contributed by atoms with Crippen molar-refractivity contribution in [3.8, 4) is 11.5 Å². The normalized spacial score (nSPS) is 11.9. The van der Waals surface area contributed by atoms with Gasteiger partial charge >= 0.3 is 0 Å². The molecule has 41 heavy (non-hydrogen) atoms. The Labute approximate surface area is 250 Å². The predicted molar refractivity (Wildman–Crippen MR) is 163 cm³/mol. The van der Waals surface area contributed by atoms with Gasteiger partial charge in [0.05, 0.1) is 24.8 Å². The molecule has 220 valence electrons. The molecular formula is C30H36BrN3O6S. The molecule has 3 aromatic carbocycles. The van der Waals surface area contributed by atoms with E-state index in [0.29, 0.717) is 18.0 Å². The van der Waals surface area contributed by atoms with E-state index in [1.54, 1.807) is 31.2 Å². The Morgan fingerprint density at radius 3 is 2.17 bits per heavy atom. The second-order valence-corrected chi connectivity index (χ2v) is 12.3. The summed E-state index contributed by atoms with van der Waals surface area (Å²) in [7, 11) is -1.27. The molecule has 0 bridgehead atoms. The molecule has 0 aliphatic rings. The van der Waals surface area contributed by atoms with Crippen LogP contribution in [0.1, 0.15) is 31.4 Å². The molecule has 3 aromatic rings. The minimum Gasteiger partial charge on any atom is -0.493 e. The highest BCUT2D eigenvalue weighted by molar-refractivity contribution is 9.10. The van der Waals surface area contributed by atoms with Crippen LogP contribution in [0, 0.1) is 6.92 Å². The number of aryl methyl sites for hydroxylation is 1. The predicted octanol–water partition coefficient (Wildman–Crippen LogP) is 4.91. The van der Waals surface area contributed by atoms with E-state index in [9.17, 15) is 18.0 Å². The van der Waals surface area contributed by atoms with Gasteiger partial charge in [-0.1, -0.05) is 52.7 Å². The lowest BCUT2D eigenvalue weighted by molar-refractivity contribution is -0.139. The molecule has 0 aliphatic heterocycles. The van der Waals surface area contributed by atoms with Crippen LogP contribution in [0.2, 0.25) is 0 Å². The molecule has 2 amide bonds. The van der Waals surface area contributed by atoms with E-state index in [0.717, 1.165) is 26.3 Å². The number of ether oxygens (including phenoxy) is 2. The third kappa shape index (κ3) is 8.01. The number of nitrogens with zero attached hydrogens (tertiary/aromatic N) is 2. The van der Waals surface area contributed by atoms with Gasteiger partial charge in [-0.05, 0) is 62.2 Å². The van der Waals surface area contributed by atoms with Crippen LogP contribution in [-0.4, -0.2) is 58.5 Å². The molecule has 0 heterocycles. The number of benzene rings is 3. The summed E-state index contributed by atoms with van der Waals surface area (Å²) < 4.78 is 40.6. The molecule has 0 fully saturated rings. The number of sulfonamides is 1. The van der Waals surface area contributed by atoms with E-state index >= 15 is 0 Å². The molecule has 0 aliphatic carbocycles. The fourth-order valence-corrected chi connectivity index (χ4v) is 5.78. The van der Waals surface area contributed by atoms with Gasteiger partial charge in [-0.15, -0.1) is 0 Å². The number of anilines is 1. The van der Waals surface area contributed by atoms with E-state index in [1.807, 2.05) is 38.1 Å². The van der Waals surface area contributed by atoms with Gasteiger partial charge in [-0.25, -0.2) is 8.42 Å². The summed E-state index contributed by atoms with van der Waals surface area (Å²) in [4.78, 5) is 28.4. The molecule has 0 aromatic heterocycles. The van der Waals surface area contributed by atoms with E-state index in [1.165, 1.54) is 37.3 Å². The first-order chi connectivity index (χ1) is 19.5. The van der Waals surface area contributed by atoms with Gasteiger partial charge in [-0.2, -0.15) is 0 Å². The van der Waals surface area contributed by atoms with Crippen molar-refractivity contribution in [2.75, 3.05) is 31.6 Å². The van der Waals surface area contributed by atoms with Crippen LogP contribution in [0.4, 0.5) is 5.69 Å². The lowest BCUT2D eigenvalue weighted by atomic mass is 10.1. The second kappa shape index (κ2) is 14.4. The van der Waals surface area contributed by atoms with Gasteiger partial charge in [0, 0.05) is 23.6 Å². The lowest BCUT2D eigenvalue weighted by Gasteiger charge is -2.32. The van der Waals surface area contributed by atoms with Crippen molar-refractivity contribution in [2.45, 2.75) is 44.7 Å². The molecule has 1 N–H and O–H groups in total. The molecule has 0 spiro atoms. The second-order valence-electron chi connectivity index (χ2n) is 9.48. The number of hydrogen-bond donors (Lipinski definition) is 1. The van der Waals surface area contributed by atoms with Crippen molar-refractivity contribution in [1.29, 1.82) is 0 Å². The van der Waals surface area contributed by atoms with Gasteiger partial charge in [-0.3, -0.25) is 13.9 Å². The summed E-state index contributed by atoms with van der Waals surface area (Å²) in [6, 6.07) is 17.6. The van der Waals surface area contributed by atoms with E-state index in [2.05, 4.69) is 21.2 Å². The summed E-state index contributed by atoms with van der Waals surface area (Å²) in [6.07, 6.45) is 0.737. The smallest absolute Gasteiger partial charge is 0.264 e.